The van der Waals surface area contributed by atoms with Crippen molar-refractivity contribution in [3.05, 3.63) is 105 Å². The predicted octanol–water partition coefficient (Wildman–Crippen LogP) is 8.05. The molecule has 0 amide bonds. The Hall–Kier alpha value is -5.20. The summed E-state index contributed by atoms with van der Waals surface area (Å²) in [6, 6.07) is 13.2. The van der Waals surface area contributed by atoms with E-state index < -0.39 is 24.0 Å². The summed E-state index contributed by atoms with van der Waals surface area (Å²) in [5, 5.41) is 11.9. The van der Waals surface area contributed by atoms with Gasteiger partial charge in [-0.25, -0.2) is 29.1 Å². The van der Waals surface area contributed by atoms with Crippen LogP contribution in [0.3, 0.4) is 0 Å². The maximum atomic E-state index is 14.4. The van der Waals surface area contributed by atoms with Gasteiger partial charge in [0, 0.05) is 61.3 Å². The van der Waals surface area contributed by atoms with Crippen molar-refractivity contribution in [1.29, 1.82) is 0 Å². The summed E-state index contributed by atoms with van der Waals surface area (Å²) in [6.45, 7) is 9.82. The van der Waals surface area contributed by atoms with Crippen LogP contribution in [-0.4, -0.2) is 126 Å². The molecule has 340 valence electrons. The molecule has 3 aromatic heterocycles. The normalized spacial score (nSPS) is 18.9. The van der Waals surface area contributed by atoms with Crippen molar-refractivity contribution in [2.75, 3.05) is 72.8 Å². The Morgan fingerprint density at radius 3 is 2.38 bits per heavy atom. The van der Waals surface area contributed by atoms with Gasteiger partial charge in [-0.05, 0) is 79.5 Å². The van der Waals surface area contributed by atoms with E-state index in [1.165, 1.54) is 29.8 Å². The SMILES string of the molecule is Cc1c(Cl)c2c(Cl)c(C)c1-c1c(-c3ccc(F)cc3)sc3ncnc(c13)O[C@@H](C(=O)O)Cc1cc(ccc1OCc1ccnc(C3COCCOC3)n1)OCC(CN1CCN(C)CC1)O2. The standard InChI is InChI=1S/C47H47Cl2FN6O8S/c1-26-37-27(2)41(49)42(40(26)48)63-34(20-56-14-12-55(3)13-15-56)24-61-33-8-9-35(62-23-32-10-11-51-44(54-32)30-21-59-16-17-60-22-30)29(18-33)19-36(47(57)58)64-45-39-38(37)43(65-46(39)53-25-52-45)28-4-6-31(50)7-5-28/h4-11,18,25,30,34,36H,12-17,19-24H2,1-3H3,(H,57,58)/t34?,36-/m1/s1. The largest absolute Gasteiger partial charge is 0.490 e. The molecule has 4 aliphatic heterocycles. The van der Waals surface area contributed by atoms with Crippen molar-refractivity contribution in [1.82, 2.24) is 29.7 Å². The van der Waals surface area contributed by atoms with Gasteiger partial charge in [0.25, 0.3) is 0 Å². The molecule has 4 aliphatic rings. The Morgan fingerprint density at radius 2 is 1.66 bits per heavy atom. The molecule has 0 saturated carbocycles. The topological polar surface area (TPSA) is 151 Å². The summed E-state index contributed by atoms with van der Waals surface area (Å²) in [6.07, 6.45) is 0.868. The zero-order chi connectivity index (χ0) is 45.2. The minimum Gasteiger partial charge on any atom is -0.490 e. The molecule has 0 spiro atoms. The van der Waals surface area contributed by atoms with Crippen LogP contribution in [0.4, 0.5) is 4.39 Å². The highest BCUT2D eigenvalue weighted by molar-refractivity contribution is 7.22. The van der Waals surface area contributed by atoms with Crippen LogP contribution in [0.15, 0.2) is 61.1 Å². The van der Waals surface area contributed by atoms with Crippen molar-refractivity contribution in [3.8, 4) is 44.7 Å². The maximum Gasteiger partial charge on any atom is 0.345 e. The van der Waals surface area contributed by atoms with E-state index in [0.717, 1.165) is 26.2 Å². The number of carboxylic acids is 1. The number of benzene rings is 3. The molecule has 3 aromatic carbocycles. The van der Waals surface area contributed by atoms with Gasteiger partial charge in [0.05, 0.1) is 53.5 Å². The first-order chi connectivity index (χ1) is 31.5. The fourth-order valence-corrected chi connectivity index (χ4v) is 9.98. The van der Waals surface area contributed by atoms with Crippen LogP contribution in [-0.2, 0) is 27.3 Å². The molecule has 0 aliphatic carbocycles. The number of carbonyl (C=O) groups is 1. The van der Waals surface area contributed by atoms with E-state index in [0.29, 0.717) is 120 Å². The summed E-state index contributed by atoms with van der Waals surface area (Å²) in [5.74, 6) is 0.0277. The second kappa shape index (κ2) is 19.7. The third kappa shape index (κ3) is 9.85. The van der Waals surface area contributed by atoms with Gasteiger partial charge in [0.1, 0.15) is 53.6 Å². The number of halogens is 3. The number of thiophene rings is 1. The molecular formula is C47H47Cl2FN6O8S. The number of hydrogen-bond donors (Lipinski definition) is 1. The Bertz CT molecular complexity index is 2670. The third-order valence-corrected chi connectivity index (χ3v) is 13.9. The number of aromatic nitrogens is 4. The highest BCUT2D eigenvalue weighted by Crippen LogP contribution is 2.53. The molecule has 2 atom stereocenters. The Balaban J connectivity index is 1.16. The lowest BCUT2D eigenvalue weighted by Gasteiger charge is -2.35. The summed E-state index contributed by atoms with van der Waals surface area (Å²) in [7, 11) is 2.10. The first kappa shape index (κ1) is 45.0. The van der Waals surface area contributed by atoms with Crippen LogP contribution in [0.5, 0.6) is 23.1 Å². The first-order valence-corrected chi connectivity index (χ1v) is 22.9. The number of likely N-dealkylation sites (N-methyl/N-ethyl adjacent to an activating group) is 1. The molecule has 14 nitrogen and oxygen atoms in total. The Labute approximate surface area is 389 Å². The van der Waals surface area contributed by atoms with Gasteiger partial charge in [0.2, 0.25) is 12.0 Å². The summed E-state index contributed by atoms with van der Waals surface area (Å²) in [5.41, 5.74) is 4.39. The maximum absolute atomic E-state index is 14.4. The third-order valence-electron chi connectivity index (χ3n) is 11.8. The average Bonchev–Trinajstić information content (AvgIpc) is 3.47. The van der Waals surface area contributed by atoms with Crippen molar-refractivity contribution in [2.24, 2.45) is 0 Å². The van der Waals surface area contributed by atoms with Gasteiger partial charge >= 0.3 is 5.97 Å². The van der Waals surface area contributed by atoms with Crippen LogP contribution in [0, 0.1) is 19.7 Å². The minimum absolute atomic E-state index is 0.0276. The minimum atomic E-state index is -1.46. The number of piperazine rings is 1. The number of nitrogens with zero attached hydrogens (tertiary/aromatic N) is 6. The van der Waals surface area contributed by atoms with Crippen LogP contribution >= 0.6 is 34.5 Å². The predicted molar refractivity (Wildman–Crippen MR) is 245 cm³/mol. The second-order valence-electron chi connectivity index (χ2n) is 16.4. The summed E-state index contributed by atoms with van der Waals surface area (Å²) >= 11 is 16.0. The van der Waals surface area contributed by atoms with Crippen molar-refractivity contribution in [3.63, 3.8) is 0 Å². The van der Waals surface area contributed by atoms with E-state index in [-0.39, 0.29) is 31.4 Å². The van der Waals surface area contributed by atoms with E-state index >= 15 is 0 Å². The average molecular weight is 946 g/mol. The summed E-state index contributed by atoms with van der Waals surface area (Å²) in [4.78, 5) is 37.5. The van der Waals surface area contributed by atoms with Crippen LogP contribution < -0.4 is 18.9 Å². The van der Waals surface area contributed by atoms with Crippen molar-refractivity contribution < 1.29 is 42.7 Å². The van der Waals surface area contributed by atoms with Crippen LogP contribution in [0.1, 0.15) is 34.1 Å². The smallest absolute Gasteiger partial charge is 0.345 e. The van der Waals surface area contributed by atoms with Gasteiger partial charge in [-0.3, -0.25) is 4.90 Å². The number of ether oxygens (including phenoxy) is 6. The van der Waals surface area contributed by atoms with Gasteiger partial charge in [-0.2, -0.15) is 0 Å². The number of fused-ring (bicyclic) bond motifs is 7. The molecule has 6 aromatic rings. The number of aliphatic carboxylic acids is 1. The zero-order valence-electron chi connectivity index (χ0n) is 36.0. The highest BCUT2D eigenvalue weighted by Gasteiger charge is 2.32. The second-order valence-corrected chi connectivity index (χ2v) is 18.1. The molecule has 1 unspecified atom stereocenters. The van der Waals surface area contributed by atoms with E-state index in [1.54, 1.807) is 42.6 Å². The van der Waals surface area contributed by atoms with E-state index in [9.17, 15) is 14.3 Å². The first-order valence-electron chi connectivity index (χ1n) is 21.4. The molecule has 1 N–H and O–H groups in total. The molecule has 10 rings (SSSR count). The zero-order valence-corrected chi connectivity index (χ0v) is 38.3. The quantitative estimate of drug-likeness (QED) is 0.157. The lowest BCUT2D eigenvalue weighted by atomic mass is 9.92. The number of rotatable bonds is 8. The lowest BCUT2D eigenvalue weighted by molar-refractivity contribution is -0.145. The Kier molecular flexibility index (Phi) is 13.6. The summed E-state index contributed by atoms with van der Waals surface area (Å²) < 4.78 is 52.0. The van der Waals surface area contributed by atoms with E-state index in [1.807, 2.05) is 13.8 Å². The molecule has 2 fully saturated rings. The fourth-order valence-electron chi connectivity index (χ4n) is 8.32. The number of carboxylic acid groups (broad SMARTS) is 1. The monoisotopic (exact) mass is 944 g/mol. The van der Waals surface area contributed by atoms with E-state index in [4.69, 9.17) is 56.6 Å². The van der Waals surface area contributed by atoms with E-state index in [2.05, 4.69) is 31.8 Å². The van der Waals surface area contributed by atoms with Gasteiger partial charge in [-0.15, -0.1) is 11.3 Å². The van der Waals surface area contributed by atoms with Crippen molar-refractivity contribution in [2.45, 2.75) is 45.0 Å². The lowest BCUT2D eigenvalue weighted by Crippen LogP contribution is -2.49. The molecule has 2 saturated heterocycles. The molecule has 65 heavy (non-hydrogen) atoms. The van der Waals surface area contributed by atoms with Gasteiger partial charge < -0.3 is 38.4 Å². The van der Waals surface area contributed by atoms with Gasteiger partial charge in [-0.1, -0.05) is 35.3 Å². The fraction of sp³-hybridized carbons (Fsp3) is 0.383. The van der Waals surface area contributed by atoms with Gasteiger partial charge in [0.15, 0.2) is 5.75 Å². The highest BCUT2D eigenvalue weighted by atomic mass is 35.5. The van der Waals surface area contributed by atoms with Crippen LogP contribution in [0.2, 0.25) is 10.0 Å². The number of hydrogen-bond acceptors (Lipinski definition) is 14. The molecular weight excluding hydrogens is 899 g/mol. The molecule has 0 radical (unpaired) electrons. The van der Waals surface area contributed by atoms with Crippen molar-refractivity contribution >= 4 is 50.7 Å². The molecule has 7 heterocycles. The Morgan fingerprint density at radius 1 is 0.923 bits per heavy atom. The molecule has 4 bridgehead atoms. The van der Waals surface area contributed by atoms with Crippen LogP contribution in [0.25, 0.3) is 31.8 Å². The molecule has 18 heteroatoms.